The van der Waals surface area contributed by atoms with E-state index in [1.54, 1.807) is 12.1 Å². The molecule has 0 aliphatic rings. The van der Waals surface area contributed by atoms with Crippen molar-refractivity contribution in [2.45, 2.75) is 0 Å². The summed E-state index contributed by atoms with van der Waals surface area (Å²) in [6.45, 7) is 0. The highest BCUT2D eigenvalue weighted by Crippen LogP contribution is 2.26. The number of ether oxygens (including phenoxy) is 1. The van der Waals surface area contributed by atoms with Gasteiger partial charge in [-0.25, -0.2) is 0 Å². The molecule has 4 heteroatoms. The minimum absolute atomic E-state index is 0.272. The Kier molecular flexibility index (Phi) is 3.43. The summed E-state index contributed by atoms with van der Waals surface area (Å²) in [4.78, 5) is 4.08. The number of nitrogens with zero attached hydrogens (tertiary/aromatic N) is 1. The molecular formula is C17H15N3O. The lowest BCUT2D eigenvalue weighted by Gasteiger charge is -2.07. The second kappa shape index (κ2) is 5.54. The summed E-state index contributed by atoms with van der Waals surface area (Å²) in [5, 5.41) is 0. The molecule has 104 valence electrons. The van der Waals surface area contributed by atoms with Crippen LogP contribution < -0.4 is 16.2 Å². The van der Waals surface area contributed by atoms with E-state index in [1.807, 2.05) is 42.5 Å². The van der Waals surface area contributed by atoms with Crippen molar-refractivity contribution in [3.8, 4) is 22.8 Å². The first-order valence-electron chi connectivity index (χ1n) is 6.58. The summed E-state index contributed by atoms with van der Waals surface area (Å²) < 4.78 is 5.66. The Morgan fingerprint density at radius 3 is 2.05 bits per heavy atom. The zero-order chi connectivity index (χ0) is 14.7. The number of nitrogens with two attached hydrogens (primary N) is 2. The zero-order valence-corrected chi connectivity index (χ0v) is 11.4. The average Bonchev–Trinajstić information content (AvgIpc) is 2.53. The van der Waals surface area contributed by atoms with Crippen LogP contribution >= 0.6 is 0 Å². The molecule has 3 rings (SSSR count). The molecule has 0 atom stereocenters. The zero-order valence-electron chi connectivity index (χ0n) is 11.4. The van der Waals surface area contributed by atoms with Gasteiger partial charge in [0.15, 0.2) is 5.82 Å². The van der Waals surface area contributed by atoms with Crippen molar-refractivity contribution in [1.82, 2.24) is 4.98 Å². The highest BCUT2D eigenvalue weighted by atomic mass is 16.5. The molecule has 2 aromatic carbocycles. The second-order valence-corrected chi connectivity index (χ2v) is 4.62. The van der Waals surface area contributed by atoms with Crippen molar-refractivity contribution in [1.29, 1.82) is 0 Å². The number of rotatable bonds is 3. The Morgan fingerprint density at radius 2 is 1.38 bits per heavy atom. The van der Waals surface area contributed by atoms with Gasteiger partial charge in [0.25, 0.3) is 0 Å². The number of hydrogen-bond acceptors (Lipinski definition) is 4. The molecule has 0 amide bonds. The summed E-state index contributed by atoms with van der Waals surface area (Å²) >= 11 is 0. The lowest BCUT2D eigenvalue weighted by molar-refractivity contribution is 0.464. The minimum Gasteiger partial charge on any atom is -0.439 e. The van der Waals surface area contributed by atoms with Gasteiger partial charge in [-0.1, -0.05) is 42.5 Å². The molecular weight excluding hydrogens is 262 g/mol. The van der Waals surface area contributed by atoms with Crippen molar-refractivity contribution in [3.05, 3.63) is 66.7 Å². The third-order valence-electron chi connectivity index (χ3n) is 3.12. The molecule has 0 radical (unpaired) electrons. The van der Waals surface area contributed by atoms with Crippen LogP contribution in [0, 0.1) is 0 Å². The Bertz CT molecular complexity index is 740. The predicted molar refractivity (Wildman–Crippen MR) is 85.0 cm³/mol. The van der Waals surface area contributed by atoms with Crippen LogP contribution in [0.15, 0.2) is 66.7 Å². The van der Waals surface area contributed by atoms with E-state index in [4.69, 9.17) is 16.2 Å². The maximum atomic E-state index is 5.66. The predicted octanol–water partition coefficient (Wildman–Crippen LogP) is 3.71. The summed E-state index contributed by atoms with van der Waals surface area (Å²) in [5.74, 6) is 1.40. The standard InChI is InChI=1S/C17H15N3O/c18-15-10-11-16(20-17(15)19)21-14-8-6-13(7-9-14)12-4-2-1-3-5-12/h1-11H,18H2,(H2,19,20). The van der Waals surface area contributed by atoms with Crippen LogP contribution in [0.25, 0.3) is 11.1 Å². The van der Waals surface area contributed by atoms with Gasteiger partial charge in [0, 0.05) is 6.07 Å². The van der Waals surface area contributed by atoms with Gasteiger partial charge in [0.2, 0.25) is 5.88 Å². The molecule has 0 unspecified atom stereocenters. The third-order valence-corrected chi connectivity index (χ3v) is 3.12. The maximum absolute atomic E-state index is 5.66. The van der Waals surface area contributed by atoms with Gasteiger partial charge < -0.3 is 16.2 Å². The lowest BCUT2D eigenvalue weighted by Crippen LogP contribution is -1.98. The second-order valence-electron chi connectivity index (χ2n) is 4.62. The van der Waals surface area contributed by atoms with Crippen molar-refractivity contribution in [3.63, 3.8) is 0 Å². The number of benzene rings is 2. The number of aromatic nitrogens is 1. The van der Waals surface area contributed by atoms with E-state index >= 15 is 0 Å². The maximum Gasteiger partial charge on any atom is 0.221 e. The molecule has 0 spiro atoms. The summed E-state index contributed by atoms with van der Waals surface area (Å²) in [6, 6.07) is 21.3. The number of hydrogen-bond donors (Lipinski definition) is 2. The van der Waals surface area contributed by atoms with Gasteiger partial charge in [-0.05, 0) is 29.3 Å². The van der Waals surface area contributed by atoms with Crippen molar-refractivity contribution >= 4 is 11.5 Å². The van der Waals surface area contributed by atoms with Crippen LogP contribution in [0.5, 0.6) is 11.6 Å². The monoisotopic (exact) mass is 277 g/mol. The Morgan fingerprint density at radius 1 is 0.714 bits per heavy atom. The number of nitrogen functional groups attached to an aromatic ring is 2. The smallest absolute Gasteiger partial charge is 0.221 e. The molecule has 0 bridgehead atoms. The number of anilines is 2. The van der Waals surface area contributed by atoms with Crippen LogP contribution in [-0.2, 0) is 0 Å². The highest BCUT2D eigenvalue weighted by molar-refractivity contribution is 5.64. The van der Waals surface area contributed by atoms with Gasteiger partial charge in [0.05, 0.1) is 5.69 Å². The van der Waals surface area contributed by atoms with Crippen LogP contribution in [0.4, 0.5) is 11.5 Å². The van der Waals surface area contributed by atoms with Gasteiger partial charge in [-0.3, -0.25) is 0 Å². The van der Waals surface area contributed by atoms with E-state index < -0.39 is 0 Å². The summed E-state index contributed by atoms with van der Waals surface area (Å²) in [7, 11) is 0. The summed E-state index contributed by atoms with van der Waals surface area (Å²) in [5.41, 5.74) is 14.0. The van der Waals surface area contributed by atoms with Gasteiger partial charge in [-0.15, -0.1) is 0 Å². The Labute approximate surface area is 123 Å². The molecule has 0 aliphatic carbocycles. The quantitative estimate of drug-likeness (QED) is 0.765. The molecule has 21 heavy (non-hydrogen) atoms. The minimum atomic E-state index is 0.272. The van der Waals surface area contributed by atoms with E-state index in [0.717, 1.165) is 5.56 Å². The average molecular weight is 277 g/mol. The first kappa shape index (κ1) is 13.0. The van der Waals surface area contributed by atoms with Crippen molar-refractivity contribution in [2.75, 3.05) is 11.5 Å². The molecule has 1 heterocycles. The van der Waals surface area contributed by atoms with E-state index in [9.17, 15) is 0 Å². The fraction of sp³-hybridized carbons (Fsp3) is 0. The molecule has 0 saturated carbocycles. The molecule has 0 fully saturated rings. The van der Waals surface area contributed by atoms with Gasteiger partial charge in [0.1, 0.15) is 5.75 Å². The van der Waals surface area contributed by atoms with E-state index in [1.165, 1.54) is 5.56 Å². The SMILES string of the molecule is Nc1ccc(Oc2ccc(-c3ccccc3)cc2)nc1N. The van der Waals surface area contributed by atoms with Crippen LogP contribution in [0.1, 0.15) is 0 Å². The first-order chi connectivity index (χ1) is 10.2. The fourth-order valence-electron chi connectivity index (χ4n) is 1.99. The Hall–Kier alpha value is -3.01. The largest absolute Gasteiger partial charge is 0.439 e. The van der Waals surface area contributed by atoms with Crippen LogP contribution in [0.3, 0.4) is 0 Å². The highest BCUT2D eigenvalue weighted by Gasteiger charge is 2.03. The molecule has 3 aromatic rings. The van der Waals surface area contributed by atoms with Crippen LogP contribution in [-0.4, -0.2) is 4.98 Å². The fourth-order valence-corrected chi connectivity index (χ4v) is 1.99. The lowest BCUT2D eigenvalue weighted by atomic mass is 10.1. The molecule has 0 saturated heterocycles. The van der Waals surface area contributed by atoms with Gasteiger partial charge in [-0.2, -0.15) is 4.98 Å². The molecule has 4 nitrogen and oxygen atoms in total. The van der Waals surface area contributed by atoms with Crippen LogP contribution in [0.2, 0.25) is 0 Å². The first-order valence-corrected chi connectivity index (χ1v) is 6.58. The molecule has 0 aliphatic heterocycles. The molecule has 4 N–H and O–H groups in total. The summed E-state index contributed by atoms with van der Waals surface area (Å²) in [6.07, 6.45) is 0. The Balaban J connectivity index is 1.80. The van der Waals surface area contributed by atoms with E-state index in [2.05, 4.69) is 17.1 Å². The van der Waals surface area contributed by atoms with Crippen molar-refractivity contribution < 1.29 is 4.74 Å². The molecule has 1 aromatic heterocycles. The number of pyridine rings is 1. The van der Waals surface area contributed by atoms with E-state index in [-0.39, 0.29) is 5.82 Å². The topological polar surface area (TPSA) is 74.2 Å². The van der Waals surface area contributed by atoms with Crippen molar-refractivity contribution in [2.24, 2.45) is 0 Å². The third kappa shape index (κ3) is 2.95. The van der Waals surface area contributed by atoms with Gasteiger partial charge >= 0.3 is 0 Å². The van der Waals surface area contributed by atoms with E-state index in [0.29, 0.717) is 17.3 Å². The normalized spacial score (nSPS) is 10.3.